The monoisotopic (exact) mass is 276 g/mol. The number of aliphatic carboxylic acids is 1. The molecule has 1 N–H and O–H groups in total. The van der Waals surface area contributed by atoms with Crippen LogP contribution in [-0.2, 0) is 4.79 Å². The number of rotatable bonds is 5. The molecule has 16 heavy (non-hydrogen) atoms. The van der Waals surface area contributed by atoms with Gasteiger partial charge < -0.3 is 5.11 Å². The summed E-state index contributed by atoms with van der Waals surface area (Å²) in [7, 11) is 0. The van der Waals surface area contributed by atoms with Gasteiger partial charge in [0.25, 0.3) is 0 Å². The van der Waals surface area contributed by atoms with Crippen molar-refractivity contribution in [3.63, 3.8) is 0 Å². The molecule has 0 aliphatic heterocycles. The third kappa shape index (κ3) is 3.44. The second-order valence-corrected chi connectivity index (χ2v) is 4.97. The predicted octanol–water partition coefficient (Wildman–Crippen LogP) is 4.04. The minimum atomic E-state index is -0.898. The number of carbonyl (C=O) groups is 1. The Morgan fingerprint density at radius 2 is 2.19 bits per heavy atom. The zero-order valence-electron chi connectivity index (χ0n) is 8.32. The lowest BCUT2D eigenvalue weighted by Gasteiger charge is -2.11. The summed E-state index contributed by atoms with van der Waals surface area (Å²) in [6.07, 6.45) is 1.66. The van der Waals surface area contributed by atoms with Crippen LogP contribution in [0.2, 0.25) is 10.0 Å². The largest absolute Gasteiger partial charge is 0.480 e. The molecule has 0 heterocycles. The minimum Gasteiger partial charge on any atom is -0.480 e. The summed E-state index contributed by atoms with van der Waals surface area (Å²) in [5, 5.41) is 9.22. The second-order valence-electron chi connectivity index (χ2n) is 3.01. The summed E-state index contributed by atoms with van der Waals surface area (Å²) < 4.78 is 0. The first-order valence-electron chi connectivity index (χ1n) is 4.46. The van der Waals surface area contributed by atoms with E-state index in [2.05, 4.69) is 6.58 Å². The fourth-order valence-corrected chi connectivity index (χ4v) is 2.27. The first-order valence-corrected chi connectivity index (χ1v) is 6.27. The maximum atomic E-state index is 11.1. The Morgan fingerprint density at radius 3 is 2.69 bits per heavy atom. The molecule has 0 radical (unpaired) electrons. The highest BCUT2D eigenvalue weighted by molar-refractivity contribution is 8.00. The molecule has 0 saturated heterocycles. The van der Waals surface area contributed by atoms with Crippen LogP contribution in [0, 0.1) is 0 Å². The highest BCUT2D eigenvalue weighted by Crippen LogP contribution is 2.33. The van der Waals surface area contributed by atoms with Crippen molar-refractivity contribution in [2.75, 3.05) is 5.75 Å². The van der Waals surface area contributed by atoms with Crippen molar-refractivity contribution in [3.05, 3.63) is 46.5 Å². The van der Waals surface area contributed by atoms with E-state index in [0.29, 0.717) is 21.4 Å². The lowest BCUT2D eigenvalue weighted by Crippen LogP contribution is -2.08. The van der Waals surface area contributed by atoms with Gasteiger partial charge >= 0.3 is 5.97 Å². The van der Waals surface area contributed by atoms with Gasteiger partial charge in [-0.2, -0.15) is 0 Å². The van der Waals surface area contributed by atoms with Gasteiger partial charge in [-0.3, -0.25) is 4.79 Å². The molecular weight excluding hydrogens is 267 g/mol. The molecule has 0 bridgehead atoms. The topological polar surface area (TPSA) is 37.3 Å². The van der Waals surface area contributed by atoms with E-state index in [4.69, 9.17) is 28.3 Å². The van der Waals surface area contributed by atoms with Gasteiger partial charge in [0.2, 0.25) is 0 Å². The summed E-state index contributed by atoms with van der Waals surface area (Å²) in [6.45, 7) is 3.56. The van der Waals surface area contributed by atoms with Crippen molar-refractivity contribution in [2.45, 2.75) is 5.25 Å². The van der Waals surface area contributed by atoms with Crippen LogP contribution in [0.25, 0.3) is 0 Å². The van der Waals surface area contributed by atoms with E-state index in [1.54, 1.807) is 24.3 Å². The molecule has 0 aliphatic rings. The van der Waals surface area contributed by atoms with Gasteiger partial charge in [-0.25, -0.2) is 0 Å². The van der Waals surface area contributed by atoms with Crippen LogP contribution in [0.3, 0.4) is 0 Å². The van der Waals surface area contributed by atoms with Gasteiger partial charge in [0, 0.05) is 5.75 Å². The minimum absolute atomic E-state index is 0.365. The molecule has 1 rings (SSSR count). The normalized spacial score (nSPS) is 12.1. The molecule has 1 aromatic carbocycles. The molecule has 0 saturated carbocycles. The van der Waals surface area contributed by atoms with Crippen molar-refractivity contribution < 1.29 is 9.90 Å². The number of hydrogen-bond donors (Lipinski definition) is 1. The molecule has 1 unspecified atom stereocenters. The predicted molar refractivity (Wildman–Crippen MR) is 69.5 cm³/mol. The molecule has 0 aromatic heterocycles. The van der Waals surface area contributed by atoms with Crippen molar-refractivity contribution in [1.82, 2.24) is 0 Å². The smallest absolute Gasteiger partial charge is 0.321 e. The summed E-state index contributed by atoms with van der Waals surface area (Å²) in [4.78, 5) is 11.1. The van der Waals surface area contributed by atoms with E-state index in [1.165, 1.54) is 11.8 Å². The molecule has 0 spiro atoms. The van der Waals surface area contributed by atoms with Gasteiger partial charge in [0.05, 0.1) is 10.0 Å². The van der Waals surface area contributed by atoms with Gasteiger partial charge in [-0.15, -0.1) is 18.3 Å². The van der Waals surface area contributed by atoms with Gasteiger partial charge in [0.1, 0.15) is 5.25 Å². The number of carboxylic acid groups (broad SMARTS) is 1. The van der Waals surface area contributed by atoms with Gasteiger partial charge in [-0.05, 0) is 17.7 Å². The fourth-order valence-electron chi connectivity index (χ4n) is 1.15. The van der Waals surface area contributed by atoms with Crippen molar-refractivity contribution >= 4 is 40.9 Å². The van der Waals surface area contributed by atoms with E-state index >= 15 is 0 Å². The second kappa shape index (κ2) is 6.18. The Balaban J connectivity index is 2.96. The molecule has 86 valence electrons. The number of benzene rings is 1. The third-order valence-electron chi connectivity index (χ3n) is 1.85. The molecule has 0 amide bonds. The SMILES string of the molecule is C=CCSC(C(=O)O)c1ccc(Cl)c(Cl)c1. The van der Waals surface area contributed by atoms with Crippen LogP contribution in [0.15, 0.2) is 30.9 Å². The molecule has 2 nitrogen and oxygen atoms in total. The molecule has 1 aromatic rings. The Hall–Kier alpha value is -0.640. The van der Waals surface area contributed by atoms with Crippen molar-refractivity contribution in [1.29, 1.82) is 0 Å². The lowest BCUT2D eigenvalue weighted by molar-refractivity contribution is -0.136. The molecule has 0 aliphatic carbocycles. The zero-order valence-corrected chi connectivity index (χ0v) is 10.6. The number of thioether (sulfide) groups is 1. The molecule has 1 atom stereocenters. The van der Waals surface area contributed by atoms with E-state index in [1.807, 2.05) is 0 Å². The highest BCUT2D eigenvalue weighted by Gasteiger charge is 2.20. The Labute approximate surface area is 108 Å². The van der Waals surface area contributed by atoms with Crippen LogP contribution in [0.5, 0.6) is 0 Å². The fraction of sp³-hybridized carbons (Fsp3) is 0.182. The quantitative estimate of drug-likeness (QED) is 0.825. The average molecular weight is 277 g/mol. The number of carboxylic acids is 1. The van der Waals surface area contributed by atoms with Crippen LogP contribution < -0.4 is 0 Å². The van der Waals surface area contributed by atoms with E-state index in [9.17, 15) is 4.79 Å². The third-order valence-corrected chi connectivity index (χ3v) is 3.83. The molecule has 5 heteroatoms. The van der Waals surface area contributed by atoms with Crippen molar-refractivity contribution in [2.24, 2.45) is 0 Å². The Morgan fingerprint density at radius 1 is 1.50 bits per heavy atom. The molecule has 0 fully saturated rings. The van der Waals surface area contributed by atoms with Crippen LogP contribution in [0.1, 0.15) is 10.8 Å². The number of hydrogen-bond acceptors (Lipinski definition) is 2. The first-order chi connectivity index (χ1) is 7.56. The van der Waals surface area contributed by atoms with Gasteiger partial charge in [0.15, 0.2) is 0 Å². The summed E-state index contributed by atoms with van der Waals surface area (Å²) in [6, 6.07) is 4.85. The summed E-state index contributed by atoms with van der Waals surface area (Å²) in [5.41, 5.74) is 0.633. The van der Waals surface area contributed by atoms with E-state index < -0.39 is 11.2 Å². The van der Waals surface area contributed by atoms with Gasteiger partial charge in [-0.1, -0.05) is 35.3 Å². The maximum Gasteiger partial charge on any atom is 0.321 e. The zero-order chi connectivity index (χ0) is 12.1. The summed E-state index contributed by atoms with van der Waals surface area (Å²) in [5.74, 6) is -0.331. The maximum absolute atomic E-state index is 11.1. The highest BCUT2D eigenvalue weighted by atomic mass is 35.5. The number of halogens is 2. The Kier molecular flexibility index (Phi) is 5.19. The average Bonchev–Trinajstić information content (AvgIpc) is 2.23. The van der Waals surface area contributed by atoms with E-state index in [0.717, 1.165) is 0 Å². The van der Waals surface area contributed by atoms with Crippen molar-refractivity contribution in [3.8, 4) is 0 Å². The standard InChI is InChI=1S/C11H10Cl2O2S/c1-2-5-16-10(11(14)15)7-3-4-8(12)9(13)6-7/h2-4,6,10H,1,5H2,(H,14,15). The molecular formula is C11H10Cl2O2S. The van der Waals surface area contributed by atoms with E-state index in [-0.39, 0.29) is 0 Å². The van der Waals surface area contributed by atoms with Crippen LogP contribution in [0.4, 0.5) is 0 Å². The first kappa shape index (κ1) is 13.4. The lowest BCUT2D eigenvalue weighted by atomic mass is 10.1. The van der Waals surface area contributed by atoms with Crippen LogP contribution >= 0.6 is 35.0 Å². The van der Waals surface area contributed by atoms with Crippen LogP contribution in [-0.4, -0.2) is 16.8 Å². The Bertz CT molecular complexity index is 407. The summed E-state index contributed by atoms with van der Waals surface area (Å²) >= 11 is 12.9.